The highest BCUT2D eigenvalue weighted by Crippen LogP contribution is 2.35. The lowest BCUT2D eigenvalue weighted by Crippen LogP contribution is -1.94. The van der Waals surface area contributed by atoms with Crippen molar-refractivity contribution in [3.8, 4) is 11.5 Å². The van der Waals surface area contributed by atoms with Crippen LogP contribution in [0.1, 0.15) is 0 Å². The van der Waals surface area contributed by atoms with Crippen molar-refractivity contribution in [1.29, 1.82) is 0 Å². The number of benzene rings is 2. The molecule has 0 bridgehead atoms. The molecule has 2 N–H and O–H groups in total. The molecule has 0 aliphatic rings. The van der Waals surface area contributed by atoms with Crippen LogP contribution < -0.4 is 10.5 Å². The fourth-order valence-electron chi connectivity index (χ4n) is 1.31. The third-order valence-electron chi connectivity index (χ3n) is 2.17. The van der Waals surface area contributed by atoms with E-state index in [4.69, 9.17) is 22.1 Å². The van der Waals surface area contributed by atoms with Gasteiger partial charge in [0.2, 0.25) is 0 Å². The number of halogens is 4. The van der Waals surface area contributed by atoms with Crippen molar-refractivity contribution in [2.75, 3.05) is 5.73 Å². The van der Waals surface area contributed by atoms with E-state index in [1.807, 2.05) is 0 Å². The molecule has 18 heavy (non-hydrogen) atoms. The zero-order valence-electron chi connectivity index (χ0n) is 8.88. The number of hydrogen-bond donors (Lipinski definition) is 1. The van der Waals surface area contributed by atoms with E-state index in [2.05, 4.69) is 15.9 Å². The van der Waals surface area contributed by atoms with Gasteiger partial charge in [-0.2, -0.15) is 0 Å². The minimum Gasteiger partial charge on any atom is -0.454 e. The first-order valence-electron chi connectivity index (χ1n) is 4.85. The lowest BCUT2D eigenvalue weighted by Gasteiger charge is -2.10. The summed E-state index contributed by atoms with van der Waals surface area (Å²) in [5.74, 6) is -0.685. The molecular weight excluding hydrogens is 327 g/mol. The highest BCUT2D eigenvalue weighted by Gasteiger charge is 2.10. The summed E-state index contributed by atoms with van der Waals surface area (Å²) in [5, 5.41) is 0.0812. The van der Waals surface area contributed by atoms with Gasteiger partial charge >= 0.3 is 0 Å². The molecule has 2 rings (SSSR count). The number of nitrogens with two attached hydrogens (primary N) is 1. The van der Waals surface area contributed by atoms with Crippen LogP contribution >= 0.6 is 27.5 Å². The second-order valence-corrected chi connectivity index (χ2v) is 4.74. The number of hydrogen-bond acceptors (Lipinski definition) is 2. The van der Waals surface area contributed by atoms with E-state index in [9.17, 15) is 8.78 Å². The molecule has 0 spiro atoms. The van der Waals surface area contributed by atoms with E-state index in [-0.39, 0.29) is 26.7 Å². The third-order valence-corrected chi connectivity index (χ3v) is 3.07. The molecule has 2 nitrogen and oxygen atoms in total. The molecule has 2 aromatic rings. The zero-order valence-corrected chi connectivity index (χ0v) is 11.2. The lowest BCUT2D eigenvalue weighted by atomic mass is 10.3. The largest absolute Gasteiger partial charge is 0.454 e. The van der Waals surface area contributed by atoms with Gasteiger partial charge in [0, 0.05) is 6.07 Å². The average Bonchev–Trinajstić information content (AvgIpc) is 2.29. The summed E-state index contributed by atoms with van der Waals surface area (Å²) in [7, 11) is 0. The number of ether oxygens (including phenoxy) is 1. The Kier molecular flexibility index (Phi) is 3.73. The Morgan fingerprint density at radius 1 is 1.11 bits per heavy atom. The Balaban J connectivity index is 2.37. The summed E-state index contributed by atoms with van der Waals surface area (Å²) < 4.78 is 31.8. The van der Waals surface area contributed by atoms with Crippen LogP contribution in [0, 0.1) is 11.6 Å². The fraction of sp³-hybridized carbons (Fsp3) is 0. The van der Waals surface area contributed by atoms with Crippen molar-refractivity contribution in [3.05, 3.63) is 51.5 Å². The molecule has 0 heterocycles. The first-order chi connectivity index (χ1) is 8.47. The smallest absolute Gasteiger partial charge is 0.153 e. The van der Waals surface area contributed by atoms with Crippen LogP contribution in [0.2, 0.25) is 5.02 Å². The highest BCUT2D eigenvalue weighted by molar-refractivity contribution is 9.10. The Hall–Kier alpha value is -1.33. The maximum atomic E-state index is 13.4. The molecule has 94 valence electrons. The van der Waals surface area contributed by atoms with Gasteiger partial charge in [0.25, 0.3) is 0 Å². The van der Waals surface area contributed by atoms with Crippen LogP contribution in [0.5, 0.6) is 11.5 Å². The predicted octanol–water partition coefficient (Wildman–Crippen LogP) is 4.76. The number of anilines is 1. The molecule has 0 fully saturated rings. The molecule has 2 aromatic carbocycles. The molecule has 0 aromatic heterocycles. The molecule has 0 saturated heterocycles. The van der Waals surface area contributed by atoms with Crippen molar-refractivity contribution in [2.45, 2.75) is 0 Å². The summed E-state index contributed by atoms with van der Waals surface area (Å²) in [6.45, 7) is 0. The SMILES string of the molecule is Nc1cc(Br)c(F)cc1Oc1ccc(F)cc1Cl. The maximum absolute atomic E-state index is 13.4. The summed E-state index contributed by atoms with van der Waals surface area (Å²) in [6, 6.07) is 6.13. The van der Waals surface area contributed by atoms with Gasteiger partial charge in [-0.25, -0.2) is 8.78 Å². The van der Waals surface area contributed by atoms with Crippen molar-refractivity contribution >= 4 is 33.2 Å². The molecule has 0 saturated carbocycles. The normalized spacial score (nSPS) is 10.4. The van der Waals surface area contributed by atoms with E-state index in [1.165, 1.54) is 18.2 Å². The fourth-order valence-corrected chi connectivity index (χ4v) is 1.88. The Morgan fingerprint density at radius 3 is 2.50 bits per heavy atom. The van der Waals surface area contributed by atoms with Gasteiger partial charge in [0.15, 0.2) is 5.75 Å². The molecule has 6 heteroatoms. The van der Waals surface area contributed by atoms with Gasteiger partial charge in [-0.1, -0.05) is 11.6 Å². The predicted molar refractivity (Wildman–Crippen MR) is 70.0 cm³/mol. The second-order valence-electron chi connectivity index (χ2n) is 3.48. The Bertz CT molecular complexity index is 607. The Labute approximate surface area is 115 Å². The van der Waals surface area contributed by atoms with Crippen LogP contribution in [0.4, 0.5) is 14.5 Å². The van der Waals surface area contributed by atoms with Gasteiger partial charge in [-0.3, -0.25) is 0 Å². The third kappa shape index (κ3) is 2.73. The first kappa shape index (κ1) is 13.1. The van der Waals surface area contributed by atoms with Crippen molar-refractivity contribution in [2.24, 2.45) is 0 Å². The van der Waals surface area contributed by atoms with Gasteiger partial charge in [-0.05, 0) is 40.2 Å². The number of rotatable bonds is 2. The summed E-state index contributed by atoms with van der Waals surface area (Å²) >= 11 is 8.80. The van der Waals surface area contributed by atoms with Crippen LogP contribution in [0.15, 0.2) is 34.8 Å². The van der Waals surface area contributed by atoms with Crippen LogP contribution in [-0.2, 0) is 0 Å². The minimum atomic E-state index is -0.516. The Morgan fingerprint density at radius 2 is 1.83 bits per heavy atom. The van der Waals surface area contributed by atoms with E-state index < -0.39 is 11.6 Å². The van der Waals surface area contributed by atoms with Gasteiger partial charge in [0.1, 0.15) is 17.4 Å². The van der Waals surface area contributed by atoms with Gasteiger partial charge in [-0.15, -0.1) is 0 Å². The van der Waals surface area contributed by atoms with E-state index in [0.717, 1.165) is 12.1 Å². The van der Waals surface area contributed by atoms with Crippen LogP contribution in [-0.4, -0.2) is 0 Å². The number of nitrogen functional groups attached to an aromatic ring is 1. The summed E-state index contributed by atoms with van der Waals surface area (Å²) in [4.78, 5) is 0. The zero-order chi connectivity index (χ0) is 13.3. The quantitative estimate of drug-likeness (QED) is 0.804. The first-order valence-corrected chi connectivity index (χ1v) is 6.02. The molecule has 0 unspecified atom stereocenters. The van der Waals surface area contributed by atoms with Crippen molar-refractivity contribution in [3.63, 3.8) is 0 Å². The molecular formula is C12H7BrClF2NO. The second kappa shape index (κ2) is 5.12. The van der Waals surface area contributed by atoms with E-state index in [0.29, 0.717) is 0 Å². The highest BCUT2D eigenvalue weighted by atomic mass is 79.9. The summed E-state index contributed by atoms with van der Waals surface area (Å²) in [6.07, 6.45) is 0. The van der Waals surface area contributed by atoms with E-state index in [1.54, 1.807) is 0 Å². The van der Waals surface area contributed by atoms with Gasteiger partial charge in [0.05, 0.1) is 15.2 Å². The maximum Gasteiger partial charge on any atom is 0.153 e. The average molecular weight is 335 g/mol. The van der Waals surface area contributed by atoms with Crippen molar-refractivity contribution in [1.82, 2.24) is 0 Å². The molecule has 0 radical (unpaired) electrons. The van der Waals surface area contributed by atoms with Crippen LogP contribution in [0.25, 0.3) is 0 Å². The van der Waals surface area contributed by atoms with Gasteiger partial charge < -0.3 is 10.5 Å². The standard InChI is InChI=1S/C12H7BrClF2NO/c13-7-4-10(17)12(5-9(7)16)18-11-2-1-6(15)3-8(11)14/h1-5H,17H2. The molecule has 0 amide bonds. The minimum absolute atomic E-state index is 0.0812. The van der Waals surface area contributed by atoms with Crippen molar-refractivity contribution < 1.29 is 13.5 Å². The lowest BCUT2D eigenvalue weighted by molar-refractivity contribution is 0.477. The molecule has 0 atom stereocenters. The topological polar surface area (TPSA) is 35.2 Å². The molecule has 0 aliphatic carbocycles. The van der Waals surface area contributed by atoms with Crippen LogP contribution in [0.3, 0.4) is 0 Å². The monoisotopic (exact) mass is 333 g/mol. The summed E-state index contributed by atoms with van der Waals surface area (Å²) in [5.41, 5.74) is 5.92. The van der Waals surface area contributed by atoms with E-state index >= 15 is 0 Å². The molecule has 0 aliphatic heterocycles.